The lowest BCUT2D eigenvalue weighted by Crippen LogP contribution is -2.23. The highest BCUT2D eigenvalue weighted by molar-refractivity contribution is 5.32. The summed E-state index contributed by atoms with van der Waals surface area (Å²) in [6.07, 6.45) is 0. The summed E-state index contributed by atoms with van der Waals surface area (Å²) in [4.78, 5) is 11.5. The van der Waals surface area contributed by atoms with Crippen LogP contribution >= 0.6 is 0 Å². The molecule has 6 heteroatoms. The van der Waals surface area contributed by atoms with Crippen LogP contribution in [0.5, 0.6) is 0 Å². The van der Waals surface area contributed by atoms with Crippen molar-refractivity contribution in [3.8, 4) is 6.07 Å². The Bertz CT molecular complexity index is 604. The maximum absolute atomic E-state index is 11.5. The monoisotopic (exact) mass is 215 g/mol. The van der Waals surface area contributed by atoms with Crippen molar-refractivity contribution in [2.45, 2.75) is 6.54 Å². The standard InChI is InChI=1S/C10H9N5O/c1-14-10(16)15(13-12-14)7-9-4-2-3-8(5-9)6-11/h2-5H,7H2,1H3. The molecular weight excluding hydrogens is 206 g/mol. The summed E-state index contributed by atoms with van der Waals surface area (Å²) in [6.45, 7) is 0.322. The molecule has 80 valence electrons. The molecule has 0 bridgehead atoms. The minimum Gasteiger partial charge on any atom is -0.244 e. The van der Waals surface area contributed by atoms with Gasteiger partial charge in [-0.3, -0.25) is 0 Å². The van der Waals surface area contributed by atoms with Crippen LogP contribution < -0.4 is 5.69 Å². The van der Waals surface area contributed by atoms with Crippen molar-refractivity contribution < 1.29 is 0 Å². The molecule has 0 aliphatic carbocycles. The molecular formula is C10H9N5O. The van der Waals surface area contributed by atoms with E-state index in [2.05, 4.69) is 10.4 Å². The third-order valence-corrected chi connectivity index (χ3v) is 2.17. The van der Waals surface area contributed by atoms with Gasteiger partial charge in [0.1, 0.15) is 0 Å². The lowest BCUT2D eigenvalue weighted by Gasteiger charge is -1.99. The number of aromatic nitrogens is 4. The maximum atomic E-state index is 11.5. The van der Waals surface area contributed by atoms with Gasteiger partial charge in [0.25, 0.3) is 0 Å². The van der Waals surface area contributed by atoms with E-state index in [0.29, 0.717) is 12.1 Å². The second-order valence-electron chi connectivity index (χ2n) is 3.35. The normalized spacial score (nSPS) is 10.0. The summed E-state index contributed by atoms with van der Waals surface area (Å²) in [5.74, 6) is 0. The van der Waals surface area contributed by atoms with Crippen molar-refractivity contribution in [3.63, 3.8) is 0 Å². The van der Waals surface area contributed by atoms with E-state index in [1.807, 2.05) is 12.1 Å². The molecule has 1 aromatic heterocycles. The SMILES string of the molecule is Cn1nnn(Cc2cccc(C#N)c2)c1=O. The largest absolute Gasteiger partial charge is 0.363 e. The van der Waals surface area contributed by atoms with E-state index in [1.165, 1.54) is 11.7 Å². The van der Waals surface area contributed by atoms with Gasteiger partial charge in [-0.25, -0.2) is 4.79 Å². The predicted octanol–water partition coefficient (Wildman–Crippen LogP) is -0.103. The fourth-order valence-electron chi connectivity index (χ4n) is 1.36. The minimum atomic E-state index is -0.276. The first-order valence-corrected chi connectivity index (χ1v) is 4.66. The van der Waals surface area contributed by atoms with Crippen molar-refractivity contribution in [2.75, 3.05) is 0 Å². The van der Waals surface area contributed by atoms with Gasteiger partial charge in [-0.1, -0.05) is 12.1 Å². The second-order valence-corrected chi connectivity index (χ2v) is 3.35. The highest BCUT2D eigenvalue weighted by atomic mass is 16.2. The van der Waals surface area contributed by atoms with Crippen LogP contribution in [0.3, 0.4) is 0 Å². The maximum Gasteiger partial charge on any atom is 0.363 e. The number of rotatable bonds is 2. The Morgan fingerprint density at radius 2 is 2.25 bits per heavy atom. The lowest BCUT2D eigenvalue weighted by atomic mass is 10.1. The summed E-state index contributed by atoms with van der Waals surface area (Å²) in [6, 6.07) is 9.09. The zero-order chi connectivity index (χ0) is 11.5. The van der Waals surface area contributed by atoms with Crippen molar-refractivity contribution in [2.24, 2.45) is 7.05 Å². The Hall–Kier alpha value is -2.42. The van der Waals surface area contributed by atoms with Crippen LogP contribution in [0.2, 0.25) is 0 Å². The molecule has 0 N–H and O–H groups in total. The number of hydrogen-bond acceptors (Lipinski definition) is 4. The van der Waals surface area contributed by atoms with E-state index in [9.17, 15) is 4.79 Å². The highest BCUT2D eigenvalue weighted by Crippen LogP contribution is 2.04. The summed E-state index contributed by atoms with van der Waals surface area (Å²) in [5.41, 5.74) is 1.14. The van der Waals surface area contributed by atoms with Gasteiger partial charge in [0.15, 0.2) is 0 Å². The molecule has 0 aliphatic rings. The molecule has 0 spiro atoms. The number of tetrazole rings is 1. The Labute approximate surface area is 91.3 Å². The topological polar surface area (TPSA) is 76.5 Å². The van der Waals surface area contributed by atoms with Crippen molar-refractivity contribution in [3.05, 3.63) is 45.9 Å². The Morgan fingerprint density at radius 3 is 2.88 bits per heavy atom. The molecule has 0 amide bonds. The number of aryl methyl sites for hydroxylation is 1. The van der Waals surface area contributed by atoms with Crippen LogP contribution in [0.25, 0.3) is 0 Å². The highest BCUT2D eigenvalue weighted by Gasteiger charge is 2.04. The van der Waals surface area contributed by atoms with Gasteiger partial charge in [0, 0.05) is 7.05 Å². The minimum absolute atomic E-state index is 0.276. The third kappa shape index (κ3) is 1.83. The van der Waals surface area contributed by atoms with Crippen molar-refractivity contribution >= 4 is 0 Å². The molecule has 16 heavy (non-hydrogen) atoms. The number of hydrogen-bond donors (Lipinski definition) is 0. The van der Waals surface area contributed by atoms with Crippen LogP contribution in [0.4, 0.5) is 0 Å². The van der Waals surface area contributed by atoms with E-state index in [-0.39, 0.29) is 5.69 Å². The number of nitriles is 1. The molecule has 6 nitrogen and oxygen atoms in total. The zero-order valence-corrected chi connectivity index (χ0v) is 8.66. The van der Waals surface area contributed by atoms with Gasteiger partial charge in [-0.2, -0.15) is 14.6 Å². The summed E-state index contributed by atoms with van der Waals surface area (Å²) >= 11 is 0. The molecule has 1 aromatic carbocycles. The Kier molecular flexibility index (Phi) is 2.52. The first-order valence-electron chi connectivity index (χ1n) is 4.66. The Balaban J connectivity index is 2.31. The fraction of sp³-hybridized carbons (Fsp3) is 0.200. The van der Waals surface area contributed by atoms with Gasteiger partial charge in [-0.15, -0.1) is 0 Å². The van der Waals surface area contributed by atoms with Gasteiger partial charge in [0.05, 0.1) is 18.2 Å². The van der Waals surface area contributed by atoms with Gasteiger partial charge < -0.3 is 0 Å². The van der Waals surface area contributed by atoms with Gasteiger partial charge in [0.2, 0.25) is 0 Å². The predicted molar refractivity (Wildman–Crippen MR) is 55.5 cm³/mol. The summed E-state index contributed by atoms with van der Waals surface area (Å²) in [5, 5.41) is 16.0. The molecule has 2 aromatic rings. The lowest BCUT2D eigenvalue weighted by molar-refractivity contribution is 0.631. The summed E-state index contributed by atoms with van der Waals surface area (Å²) in [7, 11) is 1.54. The van der Waals surface area contributed by atoms with E-state index in [0.717, 1.165) is 10.2 Å². The quantitative estimate of drug-likeness (QED) is 0.700. The molecule has 0 saturated heterocycles. The molecule has 0 unspecified atom stereocenters. The molecule has 0 saturated carbocycles. The van der Waals surface area contributed by atoms with Crippen molar-refractivity contribution in [1.29, 1.82) is 5.26 Å². The molecule has 0 fully saturated rings. The smallest absolute Gasteiger partial charge is 0.244 e. The molecule has 0 aliphatic heterocycles. The van der Waals surface area contributed by atoms with Crippen molar-refractivity contribution in [1.82, 2.24) is 19.8 Å². The van der Waals surface area contributed by atoms with E-state index >= 15 is 0 Å². The first kappa shape index (κ1) is 10.1. The third-order valence-electron chi connectivity index (χ3n) is 2.17. The molecule has 0 radical (unpaired) electrons. The second kappa shape index (κ2) is 3.98. The van der Waals surface area contributed by atoms with E-state index in [4.69, 9.17) is 5.26 Å². The van der Waals surface area contributed by atoms with Gasteiger partial charge in [-0.05, 0) is 28.1 Å². The number of nitrogens with zero attached hydrogens (tertiary/aromatic N) is 5. The van der Waals surface area contributed by atoms with E-state index < -0.39 is 0 Å². The molecule has 0 atom stereocenters. The van der Waals surface area contributed by atoms with E-state index in [1.54, 1.807) is 18.2 Å². The average molecular weight is 215 g/mol. The van der Waals surface area contributed by atoms with Crippen LogP contribution in [-0.2, 0) is 13.6 Å². The van der Waals surface area contributed by atoms with Crippen LogP contribution in [-0.4, -0.2) is 19.8 Å². The Morgan fingerprint density at radius 1 is 1.44 bits per heavy atom. The molecule has 2 rings (SSSR count). The van der Waals surface area contributed by atoms with Gasteiger partial charge >= 0.3 is 5.69 Å². The summed E-state index contributed by atoms with van der Waals surface area (Å²) < 4.78 is 2.41. The van der Waals surface area contributed by atoms with Crippen LogP contribution in [0.15, 0.2) is 29.1 Å². The fourth-order valence-corrected chi connectivity index (χ4v) is 1.36. The number of benzene rings is 1. The van der Waals surface area contributed by atoms with Crippen LogP contribution in [0.1, 0.15) is 11.1 Å². The first-order chi connectivity index (χ1) is 7.70. The molecule has 1 heterocycles. The average Bonchev–Trinajstić information content (AvgIpc) is 2.61. The zero-order valence-electron chi connectivity index (χ0n) is 8.66. The van der Waals surface area contributed by atoms with Crippen LogP contribution in [0, 0.1) is 11.3 Å².